The Morgan fingerprint density at radius 2 is 1.86 bits per heavy atom. The molecule has 8 nitrogen and oxygen atoms in total. The molecule has 1 aliphatic rings. The van der Waals surface area contributed by atoms with Crippen LogP contribution >= 0.6 is 0 Å². The number of amides is 5. The van der Waals surface area contributed by atoms with Crippen molar-refractivity contribution in [1.82, 2.24) is 20.9 Å². The molecule has 1 aromatic carbocycles. The van der Waals surface area contributed by atoms with E-state index in [0.29, 0.717) is 12.1 Å². The van der Waals surface area contributed by atoms with Crippen molar-refractivity contribution in [3.63, 3.8) is 0 Å². The predicted octanol–water partition coefficient (Wildman–Crippen LogP) is 1.01. The average molecular weight is 392 g/mol. The highest BCUT2D eigenvalue weighted by atomic mass is 19.1. The lowest BCUT2D eigenvalue weighted by atomic mass is 9.87. The second-order valence-corrected chi connectivity index (χ2v) is 6.67. The van der Waals surface area contributed by atoms with Gasteiger partial charge >= 0.3 is 6.03 Å². The smallest absolute Gasteiger partial charge is 0.325 e. The first-order valence-electron chi connectivity index (χ1n) is 9.22. The monoisotopic (exact) mass is 392 g/mol. The van der Waals surface area contributed by atoms with Gasteiger partial charge in [0.2, 0.25) is 11.8 Å². The highest BCUT2D eigenvalue weighted by Crippen LogP contribution is 2.32. The Bertz CT molecular complexity index is 768. The van der Waals surface area contributed by atoms with E-state index in [4.69, 9.17) is 0 Å². The fraction of sp³-hybridized carbons (Fsp3) is 0.474. The van der Waals surface area contributed by atoms with Crippen LogP contribution in [-0.4, -0.2) is 47.8 Å². The van der Waals surface area contributed by atoms with Crippen LogP contribution in [0, 0.1) is 5.82 Å². The molecule has 5 amide bonds. The van der Waals surface area contributed by atoms with Gasteiger partial charge in [-0.05, 0) is 37.5 Å². The normalized spacial score (nSPS) is 19.9. The van der Waals surface area contributed by atoms with Crippen LogP contribution < -0.4 is 16.0 Å². The molecule has 0 aliphatic carbocycles. The Labute approximate surface area is 162 Å². The molecule has 9 heteroatoms. The second-order valence-electron chi connectivity index (χ2n) is 6.67. The number of nitrogens with zero attached hydrogens (tertiary/aromatic N) is 1. The molecule has 0 unspecified atom stereocenters. The topological polar surface area (TPSA) is 108 Å². The highest BCUT2D eigenvalue weighted by Gasteiger charge is 2.51. The zero-order valence-corrected chi connectivity index (χ0v) is 16.2. The Hall–Kier alpha value is -2.97. The molecule has 0 bridgehead atoms. The molecule has 2 rings (SSSR count). The Kier molecular flexibility index (Phi) is 6.71. The zero-order chi connectivity index (χ0) is 20.9. The first-order valence-corrected chi connectivity index (χ1v) is 9.22. The average Bonchev–Trinajstić information content (AvgIpc) is 2.91. The number of hydrogen-bond acceptors (Lipinski definition) is 4. The third-order valence-corrected chi connectivity index (χ3v) is 4.66. The number of carbonyl (C=O) groups is 4. The van der Waals surface area contributed by atoms with Crippen LogP contribution in [0.4, 0.5) is 9.18 Å². The number of nitrogens with one attached hydrogen (secondary N) is 3. The molecule has 0 spiro atoms. The van der Waals surface area contributed by atoms with Gasteiger partial charge in [0.15, 0.2) is 0 Å². The first-order chi connectivity index (χ1) is 13.2. The lowest BCUT2D eigenvalue weighted by Gasteiger charge is -2.25. The SMILES string of the molecule is CCCNC(=O)[C@H](C)NC(=O)CN1C(=O)N[C@@](CC)(c2ccc(F)cc2)C1=O. The van der Waals surface area contributed by atoms with E-state index in [1.807, 2.05) is 6.92 Å². The van der Waals surface area contributed by atoms with Crippen LogP contribution in [0.25, 0.3) is 0 Å². The van der Waals surface area contributed by atoms with Crippen LogP contribution in [0.5, 0.6) is 0 Å². The molecule has 0 aromatic heterocycles. The Balaban J connectivity index is 2.09. The maximum Gasteiger partial charge on any atom is 0.325 e. The summed E-state index contributed by atoms with van der Waals surface area (Å²) in [6.07, 6.45) is 0.995. The van der Waals surface area contributed by atoms with Crippen LogP contribution in [0.15, 0.2) is 24.3 Å². The van der Waals surface area contributed by atoms with Crippen molar-refractivity contribution in [3.8, 4) is 0 Å². The van der Waals surface area contributed by atoms with E-state index >= 15 is 0 Å². The number of imide groups is 1. The summed E-state index contributed by atoms with van der Waals surface area (Å²) in [5, 5.41) is 7.75. The van der Waals surface area contributed by atoms with Crippen molar-refractivity contribution >= 4 is 23.8 Å². The van der Waals surface area contributed by atoms with Crippen molar-refractivity contribution in [3.05, 3.63) is 35.6 Å². The molecule has 1 aromatic rings. The van der Waals surface area contributed by atoms with Crippen LogP contribution in [0.3, 0.4) is 0 Å². The molecule has 152 valence electrons. The van der Waals surface area contributed by atoms with Crippen molar-refractivity contribution in [2.24, 2.45) is 0 Å². The predicted molar refractivity (Wildman–Crippen MR) is 99.5 cm³/mol. The standard InChI is InChI=1S/C19H25FN4O4/c1-4-10-21-16(26)12(3)22-15(25)11-24-17(27)19(5-2,23-18(24)28)13-6-8-14(20)9-7-13/h6-9,12H,4-5,10-11H2,1-3H3,(H,21,26)(H,22,25)(H,23,28)/t12-,19-/m0/s1. The van der Waals surface area contributed by atoms with E-state index in [-0.39, 0.29) is 12.3 Å². The third kappa shape index (κ3) is 4.29. The number of urea groups is 1. The van der Waals surface area contributed by atoms with Crippen molar-refractivity contribution in [2.45, 2.75) is 45.2 Å². The number of halogens is 1. The van der Waals surface area contributed by atoms with Gasteiger partial charge in [-0.15, -0.1) is 0 Å². The van der Waals surface area contributed by atoms with Gasteiger partial charge in [0.25, 0.3) is 5.91 Å². The lowest BCUT2D eigenvalue weighted by molar-refractivity contribution is -0.136. The number of carbonyl (C=O) groups excluding carboxylic acids is 4. The first kappa shape index (κ1) is 21.3. The number of benzene rings is 1. The van der Waals surface area contributed by atoms with E-state index in [9.17, 15) is 23.6 Å². The molecule has 0 radical (unpaired) electrons. The van der Waals surface area contributed by atoms with Crippen LogP contribution in [-0.2, 0) is 19.9 Å². The van der Waals surface area contributed by atoms with Gasteiger partial charge in [-0.25, -0.2) is 9.18 Å². The van der Waals surface area contributed by atoms with Crippen LogP contribution in [0.1, 0.15) is 39.2 Å². The van der Waals surface area contributed by atoms with Crippen molar-refractivity contribution < 1.29 is 23.6 Å². The molecule has 1 saturated heterocycles. The van der Waals surface area contributed by atoms with Gasteiger partial charge in [-0.2, -0.15) is 0 Å². The minimum absolute atomic E-state index is 0.233. The van der Waals surface area contributed by atoms with Gasteiger partial charge in [0.1, 0.15) is 23.9 Å². The second kappa shape index (κ2) is 8.81. The summed E-state index contributed by atoms with van der Waals surface area (Å²) in [5.74, 6) is -2.03. The Morgan fingerprint density at radius 3 is 2.43 bits per heavy atom. The van der Waals surface area contributed by atoms with E-state index in [0.717, 1.165) is 11.3 Å². The fourth-order valence-corrected chi connectivity index (χ4v) is 3.04. The van der Waals surface area contributed by atoms with Gasteiger partial charge in [-0.3, -0.25) is 19.3 Å². The summed E-state index contributed by atoms with van der Waals surface area (Å²) >= 11 is 0. The Morgan fingerprint density at radius 1 is 1.21 bits per heavy atom. The van der Waals surface area contributed by atoms with Gasteiger partial charge in [0, 0.05) is 6.54 Å². The maximum absolute atomic E-state index is 13.2. The van der Waals surface area contributed by atoms with Gasteiger partial charge < -0.3 is 16.0 Å². The van der Waals surface area contributed by atoms with Crippen molar-refractivity contribution in [1.29, 1.82) is 0 Å². The molecule has 0 saturated carbocycles. The van der Waals surface area contributed by atoms with E-state index in [2.05, 4.69) is 16.0 Å². The molecule has 28 heavy (non-hydrogen) atoms. The number of rotatable bonds is 8. The number of hydrogen-bond donors (Lipinski definition) is 3. The zero-order valence-electron chi connectivity index (χ0n) is 16.2. The molecule has 1 aliphatic heterocycles. The highest BCUT2D eigenvalue weighted by molar-refractivity contribution is 6.09. The summed E-state index contributed by atoms with van der Waals surface area (Å²) in [5.41, 5.74) is -0.917. The molecule has 1 fully saturated rings. The van der Waals surface area contributed by atoms with E-state index < -0.39 is 41.8 Å². The minimum Gasteiger partial charge on any atom is -0.354 e. The van der Waals surface area contributed by atoms with E-state index in [1.54, 1.807) is 6.92 Å². The van der Waals surface area contributed by atoms with E-state index in [1.165, 1.54) is 31.2 Å². The molecule has 3 N–H and O–H groups in total. The summed E-state index contributed by atoms with van der Waals surface area (Å²) in [6, 6.07) is 3.76. The summed E-state index contributed by atoms with van der Waals surface area (Å²) < 4.78 is 13.2. The summed E-state index contributed by atoms with van der Waals surface area (Å²) in [4.78, 5) is 50.2. The van der Waals surface area contributed by atoms with Crippen molar-refractivity contribution in [2.75, 3.05) is 13.1 Å². The fourth-order valence-electron chi connectivity index (χ4n) is 3.04. The summed E-state index contributed by atoms with van der Waals surface area (Å²) in [6.45, 7) is 5.11. The van der Waals surface area contributed by atoms with Gasteiger partial charge in [-0.1, -0.05) is 26.0 Å². The molecular formula is C19H25FN4O4. The van der Waals surface area contributed by atoms with Crippen LogP contribution in [0.2, 0.25) is 0 Å². The lowest BCUT2D eigenvalue weighted by Crippen LogP contribution is -2.49. The molecule has 1 heterocycles. The maximum atomic E-state index is 13.2. The largest absolute Gasteiger partial charge is 0.354 e. The van der Waals surface area contributed by atoms with Gasteiger partial charge in [0.05, 0.1) is 0 Å². The minimum atomic E-state index is -1.35. The molecule has 2 atom stereocenters. The third-order valence-electron chi connectivity index (χ3n) is 4.66. The quantitative estimate of drug-likeness (QED) is 0.574. The molecular weight excluding hydrogens is 367 g/mol. The summed E-state index contributed by atoms with van der Waals surface area (Å²) in [7, 11) is 0.